The summed E-state index contributed by atoms with van der Waals surface area (Å²) in [5.41, 5.74) is 7.53. The van der Waals surface area contributed by atoms with Gasteiger partial charge in [0, 0.05) is 32.4 Å². The van der Waals surface area contributed by atoms with Gasteiger partial charge in [-0.15, -0.1) is 0 Å². The largest absolute Gasteiger partial charge is 0.382 e. The summed E-state index contributed by atoms with van der Waals surface area (Å²) in [6, 6.07) is 10.8. The van der Waals surface area contributed by atoms with Gasteiger partial charge in [0.1, 0.15) is 11.6 Å². The molecule has 1 aliphatic heterocycles. The molecular weight excluding hydrogens is 255 g/mol. The Hall–Kier alpha value is -2.30. The first-order valence-corrected chi connectivity index (χ1v) is 6.70. The zero-order valence-corrected chi connectivity index (χ0v) is 11.2. The Morgan fingerprint density at radius 2 is 1.50 bits per heavy atom. The summed E-state index contributed by atoms with van der Waals surface area (Å²) in [5, 5.41) is 0. The lowest BCUT2D eigenvalue weighted by Gasteiger charge is -2.37. The van der Waals surface area contributed by atoms with Crippen LogP contribution in [0.25, 0.3) is 0 Å². The number of nitrogens with zero attached hydrogens (tertiary/aromatic N) is 3. The third-order valence-corrected chi connectivity index (χ3v) is 3.63. The molecule has 2 N–H and O–H groups in total. The third kappa shape index (κ3) is 2.39. The van der Waals surface area contributed by atoms with E-state index in [2.05, 4.69) is 14.8 Å². The van der Waals surface area contributed by atoms with Crippen LogP contribution in [0.5, 0.6) is 0 Å². The smallest absolute Gasteiger partial charge is 0.146 e. The first-order chi connectivity index (χ1) is 9.75. The van der Waals surface area contributed by atoms with Crippen LogP contribution in [0.2, 0.25) is 0 Å². The molecule has 3 rings (SSSR count). The van der Waals surface area contributed by atoms with E-state index in [4.69, 9.17) is 5.73 Å². The van der Waals surface area contributed by atoms with E-state index < -0.39 is 0 Å². The Morgan fingerprint density at radius 1 is 0.900 bits per heavy atom. The molecule has 1 aromatic carbocycles. The van der Waals surface area contributed by atoms with Crippen molar-refractivity contribution in [1.29, 1.82) is 0 Å². The first-order valence-electron chi connectivity index (χ1n) is 6.70. The zero-order chi connectivity index (χ0) is 13.9. The Kier molecular flexibility index (Phi) is 3.41. The molecule has 0 amide bonds. The molecule has 0 saturated carbocycles. The molecule has 0 bridgehead atoms. The maximum atomic E-state index is 13.8. The van der Waals surface area contributed by atoms with Crippen molar-refractivity contribution >= 4 is 17.2 Å². The zero-order valence-electron chi connectivity index (χ0n) is 11.2. The molecule has 1 fully saturated rings. The number of benzene rings is 1. The molecule has 1 saturated heterocycles. The fraction of sp³-hybridized carbons (Fsp3) is 0.267. The summed E-state index contributed by atoms with van der Waals surface area (Å²) in [6.45, 7) is 3.17. The van der Waals surface area contributed by atoms with E-state index in [0.717, 1.165) is 31.9 Å². The van der Waals surface area contributed by atoms with Gasteiger partial charge in [-0.25, -0.2) is 9.37 Å². The van der Waals surface area contributed by atoms with E-state index in [9.17, 15) is 4.39 Å². The standard InChI is InChI=1S/C15H17FN4/c16-12-4-1-2-5-13(12)19-8-10-20(11-9-19)14-6-3-7-18-15(14)17/h1-7H,8-11H2,(H2,17,18). The van der Waals surface area contributed by atoms with Crippen molar-refractivity contribution in [2.24, 2.45) is 0 Å². The van der Waals surface area contributed by atoms with E-state index in [1.54, 1.807) is 12.3 Å². The molecule has 0 unspecified atom stereocenters. The predicted molar refractivity (Wildman–Crippen MR) is 79.5 cm³/mol. The van der Waals surface area contributed by atoms with E-state index >= 15 is 0 Å². The van der Waals surface area contributed by atoms with Gasteiger partial charge in [0.05, 0.1) is 11.4 Å². The average molecular weight is 272 g/mol. The van der Waals surface area contributed by atoms with E-state index in [1.807, 2.05) is 24.3 Å². The lowest BCUT2D eigenvalue weighted by molar-refractivity contribution is 0.598. The molecule has 4 nitrogen and oxygen atoms in total. The van der Waals surface area contributed by atoms with Crippen LogP contribution in [-0.4, -0.2) is 31.2 Å². The highest BCUT2D eigenvalue weighted by Crippen LogP contribution is 2.24. The number of piperazine rings is 1. The molecule has 5 heteroatoms. The normalized spacial score (nSPS) is 15.4. The second kappa shape index (κ2) is 5.36. The van der Waals surface area contributed by atoms with E-state index in [-0.39, 0.29) is 5.82 Å². The number of hydrogen-bond acceptors (Lipinski definition) is 4. The second-order valence-corrected chi connectivity index (χ2v) is 4.83. The highest BCUT2D eigenvalue weighted by molar-refractivity contribution is 5.64. The lowest BCUT2D eigenvalue weighted by atomic mass is 10.2. The van der Waals surface area contributed by atoms with Crippen LogP contribution < -0.4 is 15.5 Å². The molecule has 0 spiro atoms. The van der Waals surface area contributed by atoms with Crippen molar-refractivity contribution in [1.82, 2.24) is 4.98 Å². The quantitative estimate of drug-likeness (QED) is 0.909. The second-order valence-electron chi connectivity index (χ2n) is 4.83. The number of aromatic nitrogens is 1. The van der Waals surface area contributed by atoms with Crippen LogP contribution in [0.4, 0.5) is 21.6 Å². The molecular formula is C15H17FN4. The van der Waals surface area contributed by atoms with Crippen LogP contribution in [0.3, 0.4) is 0 Å². The number of nitrogens with two attached hydrogens (primary N) is 1. The number of rotatable bonds is 2. The van der Waals surface area contributed by atoms with Crippen molar-refractivity contribution < 1.29 is 4.39 Å². The number of pyridine rings is 1. The van der Waals surface area contributed by atoms with Gasteiger partial charge in [-0.3, -0.25) is 0 Å². The monoisotopic (exact) mass is 272 g/mol. The van der Waals surface area contributed by atoms with Crippen LogP contribution in [-0.2, 0) is 0 Å². The summed E-state index contributed by atoms with van der Waals surface area (Å²) < 4.78 is 13.8. The van der Waals surface area contributed by atoms with Gasteiger partial charge in [-0.1, -0.05) is 12.1 Å². The first kappa shape index (κ1) is 12.7. The highest BCUT2D eigenvalue weighted by atomic mass is 19.1. The van der Waals surface area contributed by atoms with Crippen molar-refractivity contribution in [3.8, 4) is 0 Å². The fourth-order valence-electron chi connectivity index (χ4n) is 2.57. The minimum absolute atomic E-state index is 0.165. The number of hydrogen-bond donors (Lipinski definition) is 1. The van der Waals surface area contributed by atoms with Gasteiger partial charge < -0.3 is 15.5 Å². The summed E-state index contributed by atoms with van der Waals surface area (Å²) >= 11 is 0. The van der Waals surface area contributed by atoms with Crippen molar-refractivity contribution in [3.05, 3.63) is 48.4 Å². The van der Waals surface area contributed by atoms with Crippen molar-refractivity contribution in [2.45, 2.75) is 0 Å². The maximum absolute atomic E-state index is 13.8. The van der Waals surface area contributed by atoms with Gasteiger partial charge in [-0.05, 0) is 24.3 Å². The van der Waals surface area contributed by atoms with Crippen molar-refractivity contribution in [3.63, 3.8) is 0 Å². The fourth-order valence-corrected chi connectivity index (χ4v) is 2.57. The van der Waals surface area contributed by atoms with Crippen LogP contribution >= 0.6 is 0 Å². The average Bonchev–Trinajstić information content (AvgIpc) is 2.49. The van der Waals surface area contributed by atoms with E-state index in [1.165, 1.54) is 6.07 Å². The Balaban J connectivity index is 1.72. The molecule has 2 heterocycles. The molecule has 20 heavy (non-hydrogen) atoms. The van der Waals surface area contributed by atoms with Crippen LogP contribution in [0.15, 0.2) is 42.6 Å². The van der Waals surface area contributed by atoms with Crippen LogP contribution in [0, 0.1) is 5.82 Å². The Morgan fingerprint density at radius 3 is 2.15 bits per heavy atom. The summed E-state index contributed by atoms with van der Waals surface area (Å²) in [6.07, 6.45) is 1.69. The SMILES string of the molecule is Nc1ncccc1N1CCN(c2ccccc2F)CC1. The van der Waals surface area contributed by atoms with Crippen molar-refractivity contribution in [2.75, 3.05) is 41.7 Å². The topological polar surface area (TPSA) is 45.4 Å². The van der Waals surface area contributed by atoms with Gasteiger partial charge in [0.25, 0.3) is 0 Å². The summed E-state index contributed by atoms with van der Waals surface area (Å²) in [5.74, 6) is 0.383. The van der Waals surface area contributed by atoms with E-state index in [0.29, 0.717) is 11.5 Å². The Labute approximate surface area is 117 Å². The number of nitrogen functional groups attached to an aromatic ring is 1. The minimum atomic E-state index is -0.165. The van der Waals surface area contributed by atoms with Gasteiger partial charge >= 0.3 is 0 Å². The lowest BCUT2D eigenvalue weighted by Crippen LogP contribution is -2.47. The summed E-state index contributed by atoms with van der Waals surface area (Å²) in [7, 11) is 0. The molecule has 2 aromatic rings. The third-order valence-electron chi connectivity index (χ3n) is 3.63. The molecule has 0 radical (unpaired) electrons. The maximum Gasteiger partial charge on any atom is 0.146 e. The molecule has 1 aliphatic rings. The highest BCUT2D eigenvalue weighted by Gasteiger charge is 2.20. The van der Waals surface area contributed by atoms with Crippen LogP contribution in [0.1, 0.15) is 0 Å². The van der Waals surface area contributed by atoms with Gasteiger partial charge in [0.2, 0.25) is 0 Å². The minimum Gasteiger partial charge on any atom is -0.382 e. The molecule has 104 valence electrons. The van der Waals surface area contributed by atoms with Gasteiger partial charge in [-0.2, -0.15) is 0 Å². The number of halogens is 1. The predicted octanol–water partition coefficient (Wildman–Crippen LogP) is 2.13. The molecule has 0 atom stereocenters. The number of anilines is 3. The Bertz CT molecular complexity index is 540. The van der Waals surface area contributed by atoms with Gasteiger partial charge in [0.15, 0.2) is 0 Å². The molecule has 0 aliphatic carbocycles. The summed E-state index contributed by atoms with van der Waals surface area (Å²) in [4.78, 5) is 8.37. The molecule has 1 aromatic heterocycles. The number of para-hydroxylation sites is 1.